The minimum Gasteiger partial charge on any atom is -0.497 e. The van der Waals surface area contributed by atoms with Gasteiger partial charge in [-0.3, -0.25) is 9.58 Å². The first-order valence-electron chi connectivity index (χ1n) is 13.8. The van der Waals surface area contributed by atoms with Gasteiger partial charge in [0, 0.05) is 46.0 Å². The molecular weight excluding hydrogens is 462 g/mol. The molecule has 0 bridgehead atoms. The van der Waals surface area contributed by atoms with Crippen LogP contribution in [0.1, 0.15) is 54.3 Å². The van der Waals surface area contributed by atoms with Gasteiger partial charge in [0.15, 0.2) is 0 Å². The summed E-state index contributed by atoms with van der Waals surface area (Å²) in [5, 5.41) is 5.14. The molecule has 6 nitrogen and oxygen atoms in total. The number of hydrogen-bond donors (Lipinski definition) is 0. The van der Waals surface area contributed by atoms with Gasteiger partial charge >= 0.3 is 0 Å². The molecule has 37 heavy (non-hydrogen) atoms. The highest BCUT2D eigenvalue weighted by atomic mass is 16.5. The Morgan fingerprint density at radius 3 is 2.51 bits per heavy atom. The van der Waals surface area contributed by atoms with E-state index in [1.54, 1.807) is 7.11 Å². The van der Waals surface area contributed by atoms with Gasteiger partial charge in [-0.2, -0.15) is 5.10 Å². The number of ether oxygens (including phenoxy) is 3. The zero-order valence-electron chi connectivity index (χ0n) is 22.5. The molecule has 1 aromatic heterocycles. The fraction of sp³-hybridized carbons (Fsp3) is 0.516. The van der Waals surface area contributed by atoms with Gasteiger partial charge < -0.3 is 14.2 Å². The highest BCUT2D eigenvalue weighted by Crippen LogP contribution is 2.40. The first-order chi connectivity index (χ1) is 18.2. The molecule has 0 N–H and O–H groups in total. The molecule has 5 rings (SSSR count). The maximum absolute atomic E-state index is 5.98. The van der Waals surface area contributed by atoms with E-state index in [0.29, 0.717) is 6.61 Å². The van der Waals surface area contributed by atoms with Crippen LogP contribution in [-0.2, 0) is 48.6 Å². The first-order valence-corrected chi connectivity index (χ1v) is 13.8. The zero-order valence-corrected chi connectivity index (χ0v) is 22.5. The van der Waals surface area contributed by atoms with Gasteiger partial charge in [-0.1, -0.05) is 42.5 Å². The molecule has 1 spiro atoms. The third-order valence-corrected chi connectivity index (χ3v) is 7.97. The van der Waals surface area contributed by atoms with E-state index in [-0.39, 0.29) is 5.41 Å². The van der Waals surface area contributed by atoms with Gasteiger partial charge in [0.25, 0.3) is 0 Å². The average molecular weight is 504 g/mol. The normalized spacial score (nSPS) is 17.5. The van der Waals surface area contributed by atoms with Crippen LogP contribution < -0.4 is 4.74 Å². The lowest BCUT2D eigenvalue weighted by Gasteiger charge is -2.39. The molecule has 0 atom stereocenters. The van der Waals surface area contributed by atoms with Gasteiger partial charge in [0.2, 0.25) is 0 Å². The van der Waals surface area contributed by atoms with E-state index in [1.807, 2.05) is 6.07 Å². The molecule has 2 aliphatic rings. The minimum absolute atomic E-state index is 0.246. The van der Waals surface area contributed by atoms with Crippen molar-refractivity contribution in [1.82, 2.24) is 14.7 Å². The largest absolute Gasteiger partial charge is 0.497 e. The smallest absolute Gasteiger partial charge is 0.118 e. The Hall–Kier alpha value is -2.67. The average Bonchev–Trinajstić information content (AvgIpc) is 3.16. The summed E-state index contributed by atoms with van der Waals surface area (Å²) >= 11 is 0. The Kier molecular flexibility index (Phi) is 8.59. The zero-order chi connectivity index (χ0) is 25.5. The molecule has 2 aliphatic heterocycles. The Balaban J connectivity index is 1.32. The Morgan fingerprint density at radius 2 is 1.78 bits per heavy atom. The second kappa shape index (κ2) is 12.2. The molecule has 0 radical (unpaired) electrons. The summed E-state index contributed by atoms with van der Waals surface area (Å²) in [7, 11) is 1.72. The lowest BCUT2D eigenvalue weighted by atomic mass is 9.75. The topological polar surface area (TPSA) is 48.8 Å². The summed E-state index contributed by atoms with van der Waals surface area (Å²) in [4.78, 5) is 2.64. The number of aryl methyl sites for hydroxylation is 2. The van der Waals surface area contributed by atoms with Crippen molar-refractivity contribution >= 4 is 0 Å². The second-order valence-corrected chi connectivity index (χ2v) is 10.6. The molecule has 0 saturated carbocycles. The molecule has 198 valence electrons. The van der Waals surface area contributed by atoms with Crippen LogP contribution in [0.15, 0.2) is 54.6 Å². The molecule has 1 saturated heterocycles. The van der Waals surface area contributed by atoms with E-state index in [4.69, 9.17) is 19.3 Å². The van der Waals surface area contributed by atoms with Crippen molar-refractivity contribution < 1.29 is 14.2 Å². The van der Waals surface area contributed by atoms with E-state index >= 15 is 0 Å². The molecule has 3 heterocycles. The van der Waals surface area contributed by atoms with Gasteiger partial charge in [-0.15, -0.1) is 0 Å². The third kappa shape index (κ3) is 6.43. The summed E-state index contributed by atoms with van der Waals surface area (Å²) in [6.45, 7) is 9.23. The second-order valence-electron chi connectivity index (χ2n) is 10.6. The number of hydrogen-bond acceptors (Lipinski definition) is 5. The summed E-state index contributed by atoms with van der Waals surface area (Å²) in [5.41, 5.74) is 6.96. The highest BCUT2D eigenvalue weighted by molar-refractivity contribution is 5.31. The van der Waals surface area contributed by atoms with E-state index < -0.39 is 0 Å². The maximum atomic E-state index is 5.98. The summed E-state index contributed by atoms with van der Waals surface area (Å²) in [6, 6.07) is 18.9. The van der Waals surface area contributed by atoms with Gasteiger partial charge in [0.05, 0.1) is 25.1 Å². The molecule has 0 aliphatic carbocycles. The van der Waals surface area contributed by atoms with Crippen molar-refractivity contribution in [2.75, 3.05) is 33.5 Å². The van der Waals surface area contributed by atoms with Crippen LogP contribution >= 0.6 is 0 Å². The molecule has 6 heteroatoms. The third-order valence-electron chi connectivity index (χ3n) is 7.97. The van der Waals surface area contributed by atoms with Crippen molar-refractivity contribution in [2.24, 2.45) is 5.41 Å². The highest BCUT2D eigenvalue weighted by Gasteiger charge is 2.39. The van der Waals surface area contributed by atoms with Crippen molar-refractivity contribution in [3.05, 3.63) is 82.7 Å². The molecule has 0 amide bonds. The van der Waals surface area contributed by atoms with Crippen LogP contribution in [0.4, 0.5) is 0 Å². The Bertz CT molecular complexity index is 1120. The van der Waals surface area contributed by atoms with E-state index in [9.17, 15) is 0 Å². The van der Waals surface area contributed by atoms with E-state index in [0.717, 1.165) is 83.9 Å². The summed E-state index contributed by atoms with van der Waals surface area (Å²) in [6.07, 6.45) is 5.29. The van der Waals surface area contributed by atoms with Crippen LogP contribution in [0.25, 0.3) is 0 Å². The monoisotopic (exact) mass is 503 g/mol. The standard InChI is InChI=1S/C31H41N3O3/c1-3-34-30-22-33(21-25-11-13-27(35-2)14-12-25)24-31(15-18-36-19-16-31)20-28(30)29(32-34)10-7-17-37-23-26-8-5-4-6-9-26/h4-6,8-9,11-14H,3,7,10,15-24H2,1-2H3. The van der Waals surface area contributed by atoms with Crippen LogP contribution in [0.3, 0.4) is 0 Å². The molecule has 1 fully saturated rings. The van der Waals surface area contributed by atoms with Crippen molar-refractivity contribution in [1.29, 1.82) is 0 Å². The quantitative estimate of drug-likeness (QED) is 0.346. The summed E-state index contributed by atoms with van der Waals surface area (Å²) in [5.74, 6) is 0.907. The lowest BCUT2D eigenvalue weighted by molar-refractivity contribution is -0.00465. The van der Waals surface area contributed by atoms with Crippen LogP contribution in [0, 0.1) is 5.41 Å². The fourth-order valence-electron chi connectivity index (χ4n) is 5.95. The van der Waals surface area contributed by atoms with Crippen molar-refractivity contribution in [3.63, 3.8) is 0 Å². The molecular formula is C31H41N3O3. The van der Waals surface area contributed by atoms with Crippen molar-refractivity contribution in [2.45, 2.75) is 65.3 Å². The van der Waals surface area contributed by atoms with Crippen LogP contribution in [-0.4, -0.2) is 48.2 Å². The molecule has 2 aromatic carbocycles. The number of aromatic nitrogens is 2. The van der Waals surface area contributed by atoms with E-state index in [1.165, 1.54) is 28.1 Å². The van der Waals surface area contributed by atoms with Crippen LogP contribution in [0.5, 0.6) is 5.75 Å². The number of fused-ring (bicyclic) bond motifs is 1. The number of nitrogens with zero attached hydrogens (tertiary/aromatic N) is 3. The Morgan fingerprint density at radius 1 is 1.00 bits per heavy atom. The predicted octanol–water partition coefficient (Wildman–Crippen LogP) is 5.42. The summed E-state index contributed by atoms with van der Waals surface area (Å²) < 4.78 is 19.4. The Labute approximate surface area is 221 Å². The predicted molar refractivity (Wildman–Crippen MR) is 146 cm³/mol. The van der Waals surface area contributed by atoms with E-state index in [2.05, 4.69) is 65.0 Å². The van der Waals surface area contributed by atoms with Gasteiger partial charge in [-0.25, -0.2) is 0 Å². The SMILES string of the molecule is CCn1nc(CCCOCc2ccccc2)c2c1CN(Cc1ccc(OC)cc1)CC1(CCOCC1)C2. The number of rotatable bonds is 10. The van der Waals surface area contributed by atoms with Gasteiger partial charge in [0.1, 0.15) is 5.75 Å². The number of methoxy groups -OCH3 is 1. The maximum Gasteiger partial charge on any atom is 0.118 e. The molecule has 3 aromatic rings. The number of benzene rings is 2. The molecule has 0 unspecified atom stereocenters. The fourth-order valence-corrected chi connectivity index (χ4v) is 5.95. The van der Waals surface area contributed by atoms with Gasteiger partial charge in [-0.05, 0) is 73.3 Å². The first kappa shape index (κ1) is 26.0. The lowest BCUT2D eigenvalue weighted by Crippen LogP contribution is -2.41. The van der Waals surface area contributed by atoms with Crippen LogP contribution in [0.2, 0.25) is 0 Å². The van der Waals surface area contributed by atoms with Crippen molar-refractivity contribution in [3.8, 4) is 5.75 Å². The minimum atomic E-state index is 0.246.